The Morgan fingerprint density at radius 2 is 1.91 bits per heavy atom. The van der Waals surface area contributed by atoms with E-state index in [0.29, 0.717) is 36.7 Å². The van der Waals surface area contributed by atoms with Crippen molar-refractivity contribution in [3.63, 3.8) is 0 Å². The lowest BCUT2D eigenvalue weighted by molar-refractivity contribution is 0.0699. The summed E-state index contributed by atoms with van der Waals surface area (Å²) in [5, 5.41) is 11.0. The molecular formula is C16H8BrCl2NO2. The third kappa shape index (κ3) is 2.70. The fourth-order valence-electron chi connectivity index (χ4n) is 2.22. The molecule has 0 saturated heterocycles. The van der Waals surface area contributed by atoms with E-state index in [9.17, 15) is 9.90 Å². The summed E-state index contributed by atoms with van der Waals surface area (Å²) < 4.78 is 0.715. The van der Waals surface area contributed by atoms with Crippen molar-refractivity contribution in [3.8, 4) is 11.3 Å². The maximum absolute atomic E-state index is 11.6. The van der Waals surface area contributed by atoms with E-state index in [2.05, 4.69) is 20.9 Å². The highest BCUT2D eigenvalue weighted by Crippen LogP contribution is 2.33. The van der Waals surface area contributed by atoms with Crippen molar-refractivity contribution in [2.75, 3.05) is 0 Å². The molecule has 0 amide bonds. The zero-order valence-corrected chi connectivity index (χ0v) is 14.1. The predicted molar refractivity (Wildman–Crippen MR) is 91.9 cm³/mol. The Kier molecular flexibility index (Phi) is 4.08. The van der Waals surface area contributed by atoms with Gasteiger partial charge in [-0.1, -0.05) is 35.3 Å². The number of aromatic carboxylic acids is 1. The fourth-order valence-corrected chi connectivity index (χ4v) is 3.06. The molecule has 0 atom stereocenters. The first-order chi connectivity index (χ1) is 10.5. The molecule has 0 spiro atoms. The normalized spacial score (nSPS) is 10.9. The van der Waals surface area contributed by atoms with Crippen LogP contribution in [0.1, 0.15) is 10.4 Å². The number of para-hydroxylation sites is 1. The monoisotopic (exact) mass is 395 g/mol. The molecule has 1 aromatic heterocycles. The van der Waals surface area contributed by atoms with Crippen LogP contribution in [0.5, 0.6) is 0 Å². The minimum Gasteiger partial charge on any atom is -0.478 e. The molecule has 0 bridgehead atoms. The van der Waals surface area contributed by atoms with Crippen LogP contribution in [-0.4, -0.2) is 16.1 Å². The van der Waals surface area contributed by atoms with Crippen molar-refractivity contribution in [2.45, 2.75) is 0 Å². The van der Waals surface area contributed by atoms with Gasteiger partial charge in [-0.25, -0.2) is 9.78 Å². The molecule has 3 aromatic rings. The molecule has 0 radical (unpaired) electrons. The Labute approximate surface area is 144 Å². The zero-order valence-electron chi connectivity index (χ0n) is 11.0. The van der Waals surface area contributed by atoms with E-state index in [1.165, 1.54) is 6.07 Å². The van der Waals surface area contributed by atoms with Gasteiger partial charge in [-0.05, 0) is 46.3 Å². The van der Waals surface area contributed by atoms with Crippen LogP contribution in [0.15, 0.2) is 46.9 Å². The summed E-state index contributed by atoms with van der Waals surface area (Å²) in [5.74, 6) is -1.02. The third-order valence-electron chi connectivity index (χ3n) is 3.23. The summed E-state index contributed by atoms with van der Waals surface area (Å²) in [7, 11) is 0. The molecule has 0 aliphatic carbocycles. The fraction of sp³-hybridized carbons (Fsp3) is 0. The second-order valence-corrected chi connectivity index (χ2v) is 6.32. The van der Waals surface area contributed by atoms with Gasteiger partial charge in [0.15, 0.2) is 0 Å². The first-order valence-corrected chi connectivity index (χ1v) is 7.80. The molecule has 22 heavy (non-hydrogen) atoms. The minimum absolute atomic E-state index is 0.164. The van der Waals surface area contributed by atoms with Crippen molar-refractivity contribution < 1.29 is 9.90 Å². The molecule has 6 heteroatoms. The molecule has 3 rings (SSSR count). The van der Waals surface area contributed by atoms with E-state index in [1.54, 1.807) is 30.3 Å². The van der Waals surface area contributed by atoms with Crippen LogP contribution < -0.4 is 0 Å². The van der Waals surface area contributed by atoms with Gasteiger partial charge in [-0.2, -0.15) is 0 Å². The van der Waals surface area contributed by atoms with Gasteiger partial charge in [-0.3, -0.25) is 0 Å². The summed E-state index contributed by atoms with van der Waals surface area (Å²) in [4.78, 5) is 16.1. The molecule has 0 saturated carbocycles. The van der Waals surface area contributed by atoms with Crippen molar-refractivity contribution in [1.82, 2.24) is 4.98 Å². The van der Waals surface area contributed by atoms with Crippen LogP contribution in [-0.2, 0) is 0 Å². The van der Waals surface area contributed by atoms with Crippen LogP contribution in [0.4, 0.5) is 0 Å². The van der Waals surface area contributed by atoms with Gasteiger partial charge in [0.25, 0.3) is 0 Å². The highest BCUT2D eigenvalue weighted by Gasteiger charge is 2.16. The maximum atomic E-state index is 11.6. The van der Waals surface area contributed by atoms with Gasteiger partial charge in [0.05, 0.1) is 21.8 Å². The first kappa shape index (κ1) is 15.3. The van der Waals surface area contributed by atoms with Crippen LogP contribution >= 0.6 is 39.1 Å². The molecule has 1 N–H and O–H groups in total. The molecule has 0 aliphatic rings. The smallest absolute Gasteiger partial charge is 0.336 e. The zero-order chi connectivity index (χ0) is 15.9. The second-order valence-electron chi connectivity index (χ2n) is 4.62. The Balaban J connectivity index is 2.38. The number of carboxylic acids is 1. The lowest BCUT2D eigenvalue weighted by Gasteiger charge is -2.10. The Morgan fingerprint density at radius 1 is 1.14 bits per heavy atom. The standard InChI is InChI=1S/C16H8BrCl2NO2/c17-12-3-1-2-9-10(16(21)22)7-14(20-15(9)12)11-6-8(18)4-5-13(11)19/h1-7H,(H,21,22). The lowest BCUT2D eigenvalue weighted by atomic mass is 10.0. The number of carbonyl (C=O) groups is 1. The Morgan fingerprint density at radius 3 is 2.64 bits per heavy atom. The number of halogens is 3. The molecular weight excluding hydrogens is 389 g/mol. The highest BCUT2D eigenvalue weighted by molar-refractivity contribution is 9.10. The summed E-state index contributed by atoms with van der Waals surface area (Å²) in [6, 6.07) is 11.8. The van der Waals surface area contributed by atoms with E-state index >= 15 is 0 Å². The molecule has 110 valence electrons. The van der Waals surface area contributed by atoms with Crippen molar-refractivity contribution in [2.24, 2.45) is 0 Å². The number of aromatic nitrogens is 1. The van der Waals surface area contributed by atoms with E-state index in [1.807, 2.05) is 6.07 Å². The predicted octanol–water partition coefficient (Wildman–Crippen LogP) is 5.67. The Hall–Kier alpha value is -1.62. The Bertz CT molecular complexity index is 912. The number of benzene rings is 2. The van der Waals surface area contributed by atoms with Crippen molar-refractivity contribution in [1.29, 1.82) is 0 Å². The number of pyridine rings is 1. The number of hydrogen-bond donors (Lipinski definition) is 1. The van der Waals surface area contributed by atoms with Gasteiger partial charge in [-0.15, -0.1) is 0 Å². The summed E-state index contributed by atoms with van der Waals surface area (Å²) in [6.07, 6.45) is 0. The first-order valence-electron chi connectivity index (χ1n) is 6.25. The summed E-state index contributed by atoms with van der Waals surface area (Å²) >= 11 is 15.6. The van der Waals surface area contributed by atoms with E-state index in [0.717, 1.165) is 0 Å². The molecule has 1 heterocycles. The average molecular weight is 397 g/mol. The van der Waals surface area contributed by atoms with Gasteiger partial charge < -0.3 is 5.11 Å². The topological polar surface area (TPSA) is 50.2 Å². The van der Waals surface area contributed by atoms with Crippen LogP contribution in [0.2, 0.25) is 10.0 Å². The van der Waals surface area contributed by atoms with Gasteiger partial charge >= 0.3 is 5.97 Å². The van der Waals surface area contributed by atoms with E-state index in [-0.39, 0.29) is 5.56 Å². The number of fused-ring (bicyclic) bond motifs is 1. The van der Waals surface area contributed by atoms with E-state index in [4.69, 9.17) is 23.2 Å². The number of hydrogen-bond acceptors (Lipinski definition) is 2. The highest BCUT2D eigenvalue weighted by atomic mass is 79.9. The average Bonchev–Trinajstić information content (AvgIpc) is 2.49. The van der Waals surface area contributed by atoms with Crippen LogP contribution in [0.25, 0.3) is 22.2 Å². The third-order valence-corrected chi connectivity index (χ3v) is 4.43. The van der Waals surface area contributed by atoms with E-state index < -0.39 is 5.97 Å². The van der Waals surface area contributed by atoms with Gasteiger partial charge in [0.1, 0.15) is 0 Å². The van der Waals surface area contributed by atoms with Crippen LogP contribution in [0.3, 0.4) is 0 Å². The largest absolute Gasteiger partial charge is 0.478 e. The number of nitrogens with zero attached hydrogens (tertiary/aromatic N) is 1. The van der Waals surface area contributed by atoms with Gasteiger partial charge in [0, 0.05) is 20.4 Å². The molecule has 0 fully saturated rings. The molecule has 0 aliphatic heterocycles. The number of carboxylic acid groups (broad SMARTS) is 1. The second kappa shape index (κ2) is 5.88. The van der Waals surface area contributed by atoms with Crippen molar-refractivity contribution >= 4 is 56.0 Å². The molecule has 3 nitrogen and oxygen atoms in total. The quantitative estimate of drug-likeness (QED) is 0.607. The lowest BCUT2D eigenvalue weighted by Crippen LogP contribution is -2.00. The number of rotatable bonds is 2. The molecule has 2 aromatic carbocycles. The summed E-state index contributed by atoms with van der Waals surface area (Å²) in [6.45, 7) is 0. The SMILES string of the molecule is O=C(O)c1cc(-c2cc(Cl)ccc2Cl)nc2c(Br)cccc12. The maximum Gasteiger partial charge on any atom is 0.336 e. The minimum atomic E-state index is -1.02. The van der Waals surface area contributed by atoms with Gasteiger partial charge in [0.2, 0.25) is 0 Å². The van der Waals surface area contributed by atoms with Crippen molar-refractivity contribution in [3.05, 3.63) is 62.5 Å². The molecule has 0 unspecified atom stereocenters. The van der Waals surface area contributed by atoms with Crippen LogP contribution in [0, 0.1) is 0 Å². The summed E-state index contributed by atoms with van der Waals surface area (Å²) in [5.41, 5.74) is 1.78.